The van der Waals surface area contributed by atoms with Crippen LogP contribution in [0.2, 0.25) is 5.02 Å². The van der Waals surface area contributed by atoms with Gasteiger partial charge in [0.2, 0.25) is 0 Å². The normalized spacial score (nSPS) is 10.2. The molecule has 0 amide bonds. The molecular formula is C9H15ClN4. The highest BCUT2D eigenvalue weighted by molar-refractivity contribution is 6.32. The van der Waals surface area contributed by atoms with Gasteiger partial charge in [-0.05, 0) is 20.0 Å². The topological polar surface area (TPSA) is 41.0 Å². The third-order valence-corrected chi connectivity index (χ3v) is 2.20. The van der Waals surface area contributed by atoms with Crippen molar-refractivity contribution in [3.8, 4) is 0 Å². The predicted octanol–water partition coefficient (Wildman–Crippen LogP) is 1.18. The average molecular weight is 215 g/mol. The summed E-state index contributed by atoms with van der Waals surface area (Å²) in [5, 5.41) is 3.69. The van der Waals surface area contributed by atoms with Crippen molar-refractivity contribution in [2.45, 2.75) is 6.42 Å². The molecule has 1 N–H and O–H groups in total. The van der Waals surface area contributed by atoms with Crippen molar-refractivity contribution in [2.75, 3.05) is 32.1 Å². The maximum absolute atomic E-state index is 5.95. The van der Waals surface area contributed by atoms with E-state index in [0.717, 1.165) is 25.3 Å². The molecule has 1 aromatic rings. The average Bonchev–Trinajstić information content (AvgIpc) is 2.18. The minimum absolute atomic E-state index is 0.597. The van der Waals surface area contributed by atoms with Gasteiger partial charge < -0.3 is 10.2 Å². The van der Waals surface area contributed by atoms with Crippen LogP contribution in [0, 0.1) is 0 Å². The Hall–Kier alpha value is -0.870. The summed E-state index contributed by atoms with van der Waals surface area (Å²) in [5.41, 5.74) is 0. The second kappa shape index (κ2) is 5.78. The predicted molar refractivity (Wildman–Crippen MR) is 58.9 cm³/mol. The van der Waals surface area contributed by atoms with E-state index in [4.69, 9.17) is 11.6 Å². The summed E-state index contributed by atoms with van der Waals surface area (Å²) in [6.07, 6.45) is 4.18. The Bertz CT molecular complexity index is 279. The molecule has 14 heavy (non-hydrogen) atoms. The van der Waals surface area contributed by atoms with Crippen LogP contribution in [0.5, 0.6) is 0 Å². The summed E-state index contributed by atoms with van der Waals surface area (Å²) >= 11 is 5.95. The van der Waals surface area contributed by atoms with E-state index in [1.54, 1.807) is 6.20 Å². The largest absolute Gasteiger partial charge is 0.358 e. The zero-order valence-electron chi connectivity index (χ0n) is 8.50. The van der Waals surface area contributed by atoms with Gasteiger partial charge >= 0.3 is 0 Å². The zero-order chi connectivity index (χ0) is 10.4. The molecule has 5 heteroatoms. The Morgan fingerprint density at radius 1 is 1.57 bits per heavy atom. The number of nitrogens with zero attached hydrogens (tertiary/aromatic N) is 3. The van der Waals surface area contributed by atoms with Gasteiger partial charge in [-0.2, -0.15) is 0 Å². The van der Waals surface area contributed by atoms with Crippen LogP contribution >= 0.6 is 11.6 Å². The number of hydrogen-bond acceptors (Lipinski definition) is 4. The van der Waals surface area contributed by atoms with Gasteiger partial charge in [0.25, 0.3) is 0 Å². The molecule has 0 saturated heterocycles. The Balaban J connectivity index is 2.51. The van der Waals surface area contributed by atoms with Crippen molar-refractivity contribution in [3.05, 3.63) is 17.5 Å². The van der Waals surface area contributed by atoms with Gasteiger partial charge in [0, 0.05) is 13.6 Å². The highest BCUT2D eigenvalue weighted by atomic mass is 35.5. The molecule has 0 aliphatic heterocycles. The maximum Gasteiger partial charge on any atom is 0.150 e. The Morgan fingerprint density at radius 2 is 2.36 bits per heavy atom. The van der Waals surface area contributed by atoms with Crippen LogP contribution in [0.15, 0.2) is 12.5 Å². The SMILES string of the molecule is CNCCCN(C)c1ncncc1Cl. The number of aromatic nitrogens is 2. The number of hydrogen-bond donors (Lipinski definition) is 1. The second-order valence-corrected chi connectivity index (χ2v) is 3.48. The molecule has 0 atom stereocenters. The van der Waals surface area contributed by atoms with E-state index in [1.807, 2.05) is 19.0 Å². The fraction of sp³-hybridized carbons (Fsp3) is 0.556. The van der Waals surface area contributed by atoms with Gasteiger partial charge in [-0.1, -0.05) is 11.6 Å². The molecular weight excluding hydrogens is 200 g/mol. The van der Waals surface area contributed by atoms with Crippen molar-refractivity contribution in [3.63, 3.8) is 0 Å². The molecule has 0 spiro atoms. The summed E-state index contributed by atoms with van der Waals surface area (Å²) in [6.45, 7) is 1.92. The highest BCUT2D eigenvalue weighted by Gasteiger charge is 2.06. The van der Waals surface area contributed by atoms with Crippen molar-refractivity contribution in [1.29, 1.82) is 0 Å². The van der Waals surface area contributed by atoms with Gasteiger partial charge in [0.05, 0.1) is 6.20 Å². The number of halogens is 1. The molecule has 0 aliphatic carbocycles. The molecule has 0 aliphatic rings. The summed E-state index contributed by atoms with van der Waals surface area (Å²) in [7, 11) is 3.92. The van der Waals surface area contributed by atoms with E-state index >= 15 is 0 Å². The molecule has 78 valence electrons. The smallest absolute Gasteiger partial charge is 0.150 e. The highest BCUT2D eigenvalue weighted by Crippen LogP contribution is 2.19. The lowest BCUT2D eigenvalue weighted by Gasteiger charge is -2.18. The summed E-state index contributed by atoms with van der Waals surface area (Å²) in [6, 6.07) is 0. The fourth-order valence-corrected chi connectivity index (χ4v) is 1.44. The van der Waals surface area contributed by atoms with Gasteiger partial charge in [0.15, 0.2) is 5.82 Å². The van der Waals surface area contributed by atoms with Crippen LogP contribution in [0.1, 0.15) is 6.42 Å². The maximum atomic E-state index is 5.95. The monoisotopic (exact) mass is 214 g/mol. The van der Waals surface area contributed by atoms with Crippen molar-refractivity contribution in [2.24, 2.45) is 0 Å². The molecule has 0 aromatic carbocycles. The van der Waals surface area contributed by atoms with Crippen LogP contribution < -0.4 is 10.2 Å². The van der Waals surface area contributed by atoms with E-state index < -0.39 is 0 Å². The lowest BCUT2D eigenvalue weighted by Crippen LogP contribution is -2.23. The van der Waals surface area contributed by atoms with Crippen molar-refractivity contribution < 1.29 is 0 Å². The molecule has 0 radical (unpaired) electrons. The number of rotatable bonds is 5. The molecule has 1 aromatic heterocycles. The van der Waals surface area contributed by atoms with Gasteiger partial charge in [-0.25, -0.2) is 9.97 Å². The molecule has 0 fully saturated rings. The molecule has 1 heterocycles. The Morgan fingerprint density at radius 3 is 3.00 bits per heavy atom. The van der Waals surface area contributed by atoms with E-state index in [0.29, 0.717) is 5.02 Å². The lowest BCUT2D eigenvalue weighted by atomic mass is 10.4. The van der Waals surface area contributed by atoms with Crippen LogP contribution in [-0.4, -0.2) is 37.2 Å². The zero-order valence-corrected chi connectivity index (χ0v) is 9.25. The van der Waals surface area contributed by atoms with E-state index in [1.165, 1.54) is 6.33 Å². The summed E-state index contributed by atoms with van der Waals surface area (Å²) < 4.78 is 0. The Kier molecular flexibility index (Phi) is 4.62. The van der Waals surface area contributed by atoms with Gasteiger partial charge in [-0.3, -0.25) is 0 Å². The van der Waals surface area contributed by atoms with E-state index in [9.17, 15) is 0 Å². The molecule has 0 bridgehead atoms. The van der Waals surface area contributed by atoms with Crippen molar-refractivity contribution in [1.82, 2.24) is 15.3 Å². The van der Waals surface area contributed by atoms with Crippen molar-refractivity contribution >= 4 is 17.4 Å². The fourth-order valence-electron chi connectivity index (χ4n) is 1.19. The quantitative estimate of drug-likeness (QED) is 0.748. The van der Waals surface area contributed by atoms with Gasteiger partial charge in [-0.15, -0.1) is 0 Å². The van der Waals surface area contributed by atoms with Crippen LogP contribution in [0.3, 0.4) is 0 Å². The van der Waals surface area contributed by atoms with Crippen LogP contribution in [0.4, 0.5) is 5.82 Å². The molecule has 1 rings (SSSR count). The molecule has 0 saturated carbocycles. The third kappa shape index (κ3) is 3.12. The van der Waals surface area contributed by atoms with E-state index in [-0.39, 0.29) is 0 Å². The minimum atomic E-state index is 0.597. The first-order valence-electron chi connectivity index (χ1n) is 4.57. The van der Waals surface area contributed by atoms with E-state index in [2.05, 4.69) is 15.3 Å². The van der Waals surface area contributed by atoms with Crippen LogP contribution in [-0.2, 0) is 0 Å². The first kappa shape index (κ1) is 11.2. The first-order chi connectivity index (χ1) is 6.75. The second-order valence-electron chi connectivity index (χ2n) is 3.07. The Labute approximate surface area is 89.3 Å². The minimum Gasteiger partial charge on any atom is -0.358 e. The lowest BCUT2D eigenvalue weighted by molar-refractivity contribution is 0.708. The van der Waals surface area contributed by atoms with Gasteiger partial charge in [0.1, 0.15) is 11.3 Å². The number of anilines is 1. The summed E-state index contributed by atoms with van der Waals surface area (Å²) in [4.78, 5) is 9.99. The number of nitrogens with one attached hydrogen (secondary N) is 1. The third-order valence-electron chi connectivity index (χ3n) is 1.93. The summed E-state index contributed by atoms with van der Waals surface area (Å²) in [5.74, 6) is 0.790. The first-order valence-corrected chi connectivity index (χ1v) is 4.94. The molecule has 4 nitrogen and oxygen atoms in total. The standard InChI is InChI=1S/C9H15ClN4/c1-11-4-3-5-14(2)9-8(10)6-12-7-13-9/h6-7,11H,3-5H2,1-2H3. The molecule has 0 unspecified atom stereocenters. The van der Waals surface area contributed by atoms with Crippen LogP contribution in [0.25, 0.3) is 0 Å².